The Kier molecular flexibility index (Phi) is 3.17. The molecule has 16 heavy (non-hydrogen) atoms. The SMILES string of the molecule is CCCC1C(=O)NC(C)C(=O)N1CC1CC1. The lowest BCUT2D eigenvalue weighted by Crippen LogP contribution is -2.62. The average Bonchev–Trinajstić information content (AvgIpc) is 3.03. The van der Waals surface area contributed by atoms with Gasteiger partial charge in [-0.1, -0.05) is 13.3 Å². The van der Waals surface area contributed by atoms with Gasteiger partial charge in [-0.05, 0) is 32.1 Å². The van der Waals surface area contributed by atoms with Crippen molar-refractivity contribution >= 4 is 11.8 Å². The second-order valence-corrected chi connectivity index (χ2v) is 4.97. The molecule has 4 nitrogen and oxygen atoms in total. The van der Waals surface area contributed by atoms with Gasteiger partial charge in [-0.3, -0.25) is 9.59 Å². The topological polar surface area (TPSA) is 49.4 Å². The van der Waals surface area contributed by atoms with E-state index in [2.05, 4.69) is 5.32 Å². The molecule has 2 fully saturated rings. The number of carbonyl (C=O) groups excluding carboxylic acids is 2. The first-order chi connectivity index (χ1) is 7.63. The summed E-state index contributed by atoms with van der Waals surface area (Å²) in [4.78, 5) is 25.7. The number of nitrogens with one attached hydrogen (secondary N) is 1. The van der Waals surface area contributed by atoms with E-state index < -0.39 is 0 Å². The van der Waals surface area contributed by atoms with Crippen molar-refractivity contribution in [3.05, 3.63) is 0 Å². The van der Waals surface area contributed by atoms with E-state index in [0.29, 0.717) is 5.92 Å². The van der Waals surface area contributed by atoms with Crippen LogP contribution in [0.1, 0.15) is 39.5 Å². The first-order valence-corrected chi connectivity index (χ1v) is 6.24. The van der Waals surface area contributed by atoms with Crippen LogP contribution in [-0.4, -0.2) is 35.3 Å². The standard InChI is InChI=1S/C12H20N2O2/c1-3-4-10-11(15)13-8(2)12(16)14(10)7-9-5-6-9/h8-10H,3-7H2,1-2H3,(H,13,15). The van der Waals surface area contributed by atoms with Gasteiger partial charge in [-0.2, -0.15) is 0 Å². The van der Waals surface area contributed by atoms with Gasteiger partial charge in [0.15, 0.2) is 0 Å². The smallest absolute Gasteiger partial charge is 0.245 e. The predicted molar refractivity (Wildman–Crippen MR) is 60.7 cm³/mol. The number of amides is 2. The van der Waals surface area contributed by atoms with Crippen LogP contribution in [-0.2, 0) is 9.59 Å². The summed E-state index contributed by atoms with van der Waals surface area (Å²) in [7, 11) is 0. The summed E-state index contributed by atoms with van der Waals surface area (Å²) in [6.07, 6.45) is 4.12. The van der Waals surface area contributed by atoms with Crippen LogP contribution in [0.25, 0.3) is 0 Å². The van der Waals surface area contributed by atoms with Crippen LogP contribution in [0.5, 0.6) is 0 Å². The Balaban J connectivity index is 2.09. The number of nitrogens with zero attached hydrogens (tertiary/aromatic N) is 1. The fourth-order valence-electron chi connectivity index (χ4n) is 2.27. The molecule has 2 rings (SSSR count). The summed E-state index contributed by atoms with van der Waals surface area (Å²) in [6, 6.07) is -0.575. The fraction of sp³-hybridized carbons (Fsp3) is 0.833. The third-order valence-electron chi connectivity index (χ3n) is 3.41. The van der Waals surface area contributed by atoms with Crippen molar-refractivity contribution in [2.24, 2.45) is 5.92 Å². The van der Waals surface area contributed by atoms with Crippen molar-refractivity contribution in [2.75, 3.05) is 6.54 Å². The minimum Gasteiger partial charge on any atom is -0.343 e. The molecular formula is C12H20N2O2. The van der Waals surface area contributed by atoms with Crippen LogP contribution in [0.15, 0.2) is 0 Å². The molecule has 2 unspecified atom stereocenters. The van der Waals surface area contributed by atoms with Gasteiger partial charge in [-0.25, -0.2) is 0 Å². The van der Waals surface area contributed by atoms with E-state index in [9.17, 15) is 9.59 Å². The molecule has 1 aliphatic carbocycles. The largest absolute Gasteiger partial charge is 0.343 e. The quantitative estimate of drug-likeness (QED) is 0.771. The Bertz CT molecular complexity index is 299. The maximum atomic E-state index is 12.0. The molecule has 2 atom stereocenters. The van der Waals surface area contributed by atoms with Crippen molar-refractivity contribution in [1.29, 1.82) is 0 Å². The highest BCUT2D eigenvalue weighted by molar-refractivity contribution is 5.96. The molecule has 0 spiro atoms. The van der Waals surface area contributed by atoms with Crippen LogP contribution < -0.4 is 5.32 Å². The summed E-state index contributed by atoms with van der Waals surface area (Å²) >= 11 is 0. The zero-order chi connectivity index (χ0) is 11.7. The second-order valence-electron chi connectivity index (χ2n) is 4.97. The van der Waals surface area contributed by atoms with Crippen LogP contribution >= 0.6 is 0 Å². The van der Waals surface area contributed by atoms with Crippen LogP contribution in [0.2, 0.25) is 0 Å². The summed E-state index contributed by atoms with van der Waals surface area (Å²) in [6.45, 7) is 4.59. The van der Waals surface area contributed by atoms with Crippen LogP contribution in [0, 0.1) is 5.92 Å². The van der Waals surface area contributed by atoms with E-state index >= 15 is 0 Å². The second kappa shape index (κ2) is 4.44. The molecule has 2 aliphatic rings. The number of carbonyl (C=O) groups is 2. The fourth-order valence-corrected chi connectivity index (χ4v) is 2.27. The van der Waals surface area contributed by atoms with E-state index in [4.69, 9.17) is 0 Å². The molecule has 1 heterocycles. The van der Waals surface area contributed by atoms with Gasteiger partial charge >= 0.3 is 0 Å². The highest BCUT2D eigenvalue weighted by Crippen LogP contribution is 2.31. The Morgan fingerprint density at radius 3 is 2.62 bits per heavy atom. The Morgan fingerprint density at radius 1 is 1.38 bits per heavy atom. The summed E-state index contributed by atoms with van der Waals surface area (Å²) in [5.41, 5.74) is 0. The van der Waals surface area contributed by atoms with Crippen molar-refractivity contribution in [1.82, 2.24) is 10.2 Å². The van der Waals surface area contributed by atoms with E-state index in [0.717, 1.165) is 19.4 Å². The van der Waals surface area contributed by atoms with Crippen molar-refractivity contribution in [2.45, 2.75) is 51.6 Å². The molecule has 2 amide bonds. The Hall–Kier alpha value is -1.06. The zero-order valence-corrected chi connectivity index (χ0v) is 10.0. The van der Waals surface area contributed by atoms with E-state index in [1.807, 2.05) is 11.8 Å². The normalized spacial score (nSPS) is 30.5. The van der Waals surface area contributed by atoms with E-state index in [1.165, 1.54) is 12.8 Å². The number of rotatable bonds is 4. The third-order valence-corrected chi connectivity index (χ3v) is 3.41. The van der Waals surface area contributed by atoms with Gasteiger partial charge < -0.3 is 10.2 Å². The lowest BCUT2D eigenvalue weighted by molar-refractivity contribution is -0.149. The number of hydrogen-bond donors (Lipinski definition) is 1. The number of piperazine rings is 1. The molecule has 0 aromatic heterocycles. The molecule has 0 radical (unpaired) electrons. The predicted octanol–water partition coefficient (Wildman–Crippen LogP) is 0.912. The Labute approximate surface area is 96.4 Å². The summed E-state index contributed by atoms with van der Waals surface area (Å²) in [5.74, 6) is 0.751. The van der Waals surface area contributed by atoms with Crippen LogP contribution in [0.3, 0.4) is 0 Å². The third kappa shape index (κ3) is 2.20. The van der Waals surface area contributed by atoms with Crippen molar-refractivity contribution in [3.63, 3.8) is 0 Å². The summed E-state index contributed by atoms with van der Waals surface area (Å²) in [5, 5.41) is 2.76. The van der Waals surface area contributed by atoms with Gasteiger partial charge in [0.05, 0.1) is 0 Å². The van der Waals surface area contributed by atoms with E-state index in [-0.39, 0.29) is 23.9 Å². The molecule has 4 heteroatoms. The lowest BCUT2D eigenvalue weighted by atomic mass is 10.0. The maximum absolute atomic E-state index is 12.0. The van der Waals surface area contributed by atoms with Crippen molar-refractivity contribution in [3.8, 4) is 0 Å². The molecule has 1 N–H and O–H groups in total. The van der Waals surface area contributed by atoms with E-state index in [1.54, 1.807) is 6.92 Å². The molecule has 0 bridgehead atoms. The zero-order valence-electron chi connectivity index (χ0n) is 10.0. The van der Waals surface area contributed by atoms with Gasteiger partial charge in [0, 0.05) is 6.54 Å². The molecule has 0 aromatic rings. The molecule has 1 saturated heterocycles. The molecule has 90 valence electrons. The van der Waals surface area contributed by atoms with Crippen LogP contribution in [0.4, 0.5) is 0 Å². The monoisotopic (exact) mass is 224 g/mol. The minimum absolute atomic E-state index is 0.0228. The highest BCUT2D eigenvalue weighted by atomic mass is 16.2. The van der Waals surface area contributed by atoms with Gasteiger partial charge in [0.2, 0.25) is 11.8 Å². The average molecular weight is 224 g/mol. The summed E-state index contributed by atoms with van der Waals surface area (Å²) < 4.78 is 0. The first-order valence-electron chi connectivity index (χ1n) is 6.24. The minimum atomic E-state index is -0.348. The van der Waals surface area contributed by atoms with Gasteiger partial charge in [0.25, 0.3) is 0 Å². The van der Waals surface area contributed by atoms with Gasteiger partial charge in [0.1, 0.15) is 12.1 Å². The van der Waals surface area contributed by atoms with Crippen molar-refractivity contribution < 1.29 is 9.59 Å². The Morgan fingerprint density at radius 2 is 2.06 bits per heavy atom. The number of hydrogen-bond acceptors (Lipinski definition) is 2. The maximum Gasteiger partial charge on any atom is 0.245 e. The highest BCUT2D eigenvalue weighted by Gasteiger charge is 2.40. The molecule has 1 aliphatic heterocycles. The van der Waals surface area contributed by atoms with Gasteiger partial charge in [-0.15, -0.1) is 0 Å². The molecule has 1 saturated carbocycles. The first kappa shape index (κ1) is 11.4. The lowest BCUT2D eigenvalue weighted by Gasteiger charge is -2.38. The molecular weight excluding hydrogens is 204 g/mol. The molecule has 0 aromatic carbocycles.